The molecule has 1 aromatic rings. The summed E-state index contributed by atoms with van der Waals surface area (Å²) in [6, 6.07) is 2.63. The van der Waals surface area contributed by atoms with Gasteiger partial charge in [0.05, 0.1) is 0 Å². The Kier molecular flexibility index (Phi) is 1.75. The summed E-state index contributed by atoms with van der Waals surface area (Å²) in [6.45, 7) is -0.389. The minimum Gasteiger partial charge on any atom is -0.232 e. The zero-order valence-corrected chi connectivity index (χ0v) is 4.67. The summed E-state index contributed by atoms with van der Waals surface area (Å²) in [7, 11) is 0. The molecular formula is C6H5FNO. The van der Waals surface area contributed by atoms with Crippen LogP contribution in [0, 0.1) is 5.95 Å². The van der Waals surface area contributed by atoms with E-state index in [4.69, 9.17) is 0 Å². The van der Waals surface area contributed by atoms with Crippen LogP contribution in [0.4, 0.5) is 4.39 Å². The van der Waals surface area contributed by atoms with Gasteiger partial charge in [0.15, 0.2) is 0 Å². The molecule has 0 fully saturated rings. The Bertz CT molecular complexity index is 202. The third-order valence-corrected chi connectivity index (χ3v) is 0.958. The molecule has 0 aliphatic carbocycles. The summed E-state index contributed by atoms with van der Waals surface area (Å²) in [5.41, 5.74) is 0.433. The lowest BCUT2D eigenvalue weighted by Crippen LogP contribution is -1.85. The van der Waals surface area contributed by atoms with Crippen LogP contribution in [0.5, 0.6) is 0 Å². The summed E-state index contributed by atoms with van der Waals surface area (Å²) in [6.07, 6.45) is 1.28. The van der Waals surface area contributed by atoms with Crippen LogP contribution in [0.1, 0.15) is 5.56 Å². The van der Waals surface area contributed by atoms with E-state index >= 15 is 0 Å². The van der Waals surface area contributed by atoms with Crippen molar-refractivity contribution in [2.45, 2.75) is 6.61 Å². The molecule has 2 nitrogen and oxygen atoms in total. The summed E-state index contributed by atoms with van der Waals surface area (Å²) >= 11 is 0. The first kappa shape index (κ1) is 6.16. The number of hydrogen-bond acceptors (Lipinski definition) is 1. The molecule has 1 aromatic heterocycles. The standard InChI is InChI=1S/C6H5FNO/c7-6-3-5(4-9)1-2-8-6/h1-3H,4H2. The van der Waals surface area contributed by atoms with E-state index < -0.39 is 5.95 Å². The number of pyridine rings is 1. The zero-order chi connectivity index (χ0) is 6.69. The van der Waals surface area contributed by atoms with Gasteiger partial charge in [-0.25, -0.2) is 10.1 Å². The Morgan fingerprint density at radius 3 is 2.89 bits per heavy atom. The Morgan fingerprint density at radius 1 is 1.67 bits per heavy atom. The van der Waals surface area contributed by atoms with Gasteiger partial charge in [-0.15, -0.1) is 0 Å². The average Bonchev–Trinajstić information content (AvgIpc) is 1.88. The average molecular weight is 126 g/mol. The molecule has 1 rings (SSSR count). The lowest BCUT2D eigenvalue weighted by Gasteiger charge is -1.90. The van der Waals surface area contributed by atoms with Gasteiger partial charge in [0.25, 0.3) is 0 Å². The third-order valence-electron chi connectivity index (χ3n) is 0.958. The van der Waals surface area contributed by atoms with Crippen LogP contribution in [0.25, 0.3) is 0 Å². The molecular weight excluding hydrogens is 121 g/mol. The molecule has 0 atom stereocenters. The quantitative estimate of drug-likeness (QED) is 0.519. The van der Waals surface area contributed by atoms with Crippen molar-refractivity contribution in [3.63, 3.8) is 0 Å². The van der Waals surface area contributed by atoms with Crippen molar-refractivity contribution in [3.8, 4) is 0 Å². The molecule has 0 N–H and O–H groups in total. The van der Waals surface area contributed by atoms with E-state index in [0.717, 1.165) is 6.07 Å². The van der Waals surface area contributed by atoms with Crippen LogP contribution < -0.4 is 0 Å². The topological polar surface area (TPSA) is 32.8 Å². The first-order valence-electron chi connectivity index (χ1n) is 2.51. The molecule has 1 heterocycles. The van der Waals surface area contributed by atoms with Gasteiger partial charge < -0.3 is 0 Å². The highest BCUT2D eigenvalue weighted by atomic mass is 19.1. The fraction of sp³-hybridized carbons (Fsp3) is 0.167. The first-order valence-corrected chi connectivity index (χ1v) is 2.51. The van der Waals surface area contributed by atoms with Crippen LogP contribution in [-0.4, -0.2) is 4.98 Å². The lowest BCUT2D eigenvalue weighted by molar-refractivity contribution is 0.177. The van der Waals surface area contributed by atoms with Gasteiger partial charge >= 0.3 is 0 Å². The SMILES string of the molecule is [O]Cc1ccnc(F)c1. The van der Waals surface area contributed by atoms with Gasteiger partial charge in [-0.3, -0.25) is 0 Å². The highest BCUT2D eigenvalue weighted by molar-refractivity contribution is 5.08. The van der Waals surface area contributed by atoms with E-state index in [1.165, 1.54) is 12.3 Å². The Morgan fingerprint density at radius 2 is 2.44 bits per heavy atom. The monoisotopic (exact) mass is 126 g/mol. The van der Waals surface area contributed by atoms with Crippen molar-refractivity contribution in [3.05, 3.63) is 29.8 Å². The second kappa shape index (κ2) is 2.55. The van der Waals surface area contributed by atoms with Gasteiger partial charge in [-0.1, -0.05) is 0 Å². The maximum Gasteiger partial charge on any atom is 0.213 e. The summed E-state index contributed by atoms with van der Waals surface area (Å²) in [5, 5.41) is 10.1. The predicted octanol–water partition coefficient (Wildman–Crippen LogP) is 1.15. The van der Waals surface area contributed by atoms with Gasteiger partial charge in [0, 0.05) is 6.20 Å². The van der Waals surface area contributed by atoms with E-state index in [-0.39, 0.29) is 6.61 Å². The third kappa shape index (κ3) is 1.47. The summed E-state index contributed by atoms with van der Waals surface area (Å²) in [5.74, 6) is -0.594. The number of aromatic nitrogens is 1. The molecule has 0 aliphatic heterocycles. The smallest absolute Gasteiger partial charge is 0.213 e. The van der Waals surface area contributed by atoms with Crippen molar-refractivity contribution in [1.82, 2.24) is 4.98 Å². The van der Waals surface area contributed by atoms with Crippen molar-refractivity contribution in [2.24, 2.45) is 0 Å². The van der Waals surface area contributed by atoms with E-state index in [1.54, 1.807) is 0 Å². The van der Waals surface area contributed by atoms with E-state index in [2.05, 4.69) is 4.98 Å². The zero-order valence-electron chi connectivity index (χ0n) is 4.67. The molecule has 3 heteroatoms. The van der Waals surface area contributed by atoms with Crippen molar-refractivity contribution < 1.29 is 9.50 Å². The largest absolute Gasteiger partial charge is 0.232 e. The van der Waals surface area contributed by atoms with Crippen LogP contribution in [0.15, 0.2) is 18.3 Å². The molecule has 0 saturated carbocycles. The maximum atomic E-state index is 12.1. The molecule has 0 aliphatic rings. The van der Waals surface area contributed by atoms with E-state index in [0.29, 0.717) is 5.56 Å². The Labute approximate surface area is 52.0 Å². The Hall–Kier alpha value is -0.960. The minimum atomic E-state index is -0.594. The molecule has 0 aromatic carbocycles. The number of rotatable bonds is 1. The molecule has 0 bridgehead atoms. The normalized spacial score (nSPS) is 9.56. The molecule has 0 spiro atoms. The van der Waals surface area contributed by atoms with Crippen LogP contribution in [0.2, 0.25) is 0 Å². The fourth-order valence-electron chi connectivity index (χ4n) is 0.532. The predicted molar refractivity (Wildman–Crippen MR) is 28.6 cm³/mol. The van der Waals surface area contributed by atoms with Crippen molar-refractivity contribution in [1.29, 1.82) is 0 Å². The number of nitrogens with zero attached hydrogens (tertiary/aromatic N) is 1. The van der Waals surface area contributed by atoms with Crippen molar-refractivity contribution in [2.75, 3.05) is 0 Å². The first-order chi connectivity index (χ1) is 4.33. The van der Waals surface area contributed by atoms with Crippen molar-refractivity contribution >= 4 is 0 Å². The van der Waals surface area contributed by atoms with E-state index in [1.807, 2.05) is 0 Å². The van der Waals surface area contributed by atoms with Gasteiger partial charge in [-0.2, -0.15) is 4.39 Å². The molecule has 0 amide bonds. The molecule has 47 valence electrons. The van der Waals surface area contributed by atoms with E-state index in [9.17, 15) is 9.50 Å². The highest BCUT2D eigenvalue weighted by Gasteiger charge is 1.92. The molecule has 0 saturated heterocycles. The second-order valence-corrected chi connectivity index (χ2v) is 1.63. The summed E-state index contributed by atoms with van der Waals surface area (Å²) in [4.78, 5) is 3.28. The van der Waals surface area contributed by atoms with Gasteiger partial charge in [0.1, 0.15) is 6.61 Å². The van der Waals surface area contributed by atoms with Gasteiger partial charge in [-0.05, 0) is 17.7 Å². The fourth-order valence-corrected chi connectivity index (χ4v) is 0.532. The molecule has 9 heavy (non-hydrogen) atoms. The Balaban J connectivity index is 2.94. The second-order valence-electron chi connectivity index (χ2n) is 1.63. The van der Waals surface area contributed by atoms with Gasteiger partial charge in [0.2, 0.25) is 5.95 Å². The van der Waals surface area contributed by atoms with Crippen LogP contribution in [-0.2, 0) is 11.7 Å². The lowest BCUT2D eigenvalue weighted by atomic mass is 10.3. The maximum absolute atomic E-state index is 12.1. The number of halogens is 1. The minimum absolute atomic E-state index is 0.389. The van der Waals surface area contributed by atoms with Crippen LogP contribution in [0.3, 0.4) is 0 Å². The molecule has 1 radical (unpaired) electrons. The highest BCUT2D eigenvalue weighted by Crippen LogP contribution is 1.98. The van der Waals surface area contributed by atoms with Crippen LogP contribution >= 0.6 is 0 Å². The number of hydrogen-bond donors (Lipinski definition) is 0. The summed E-state index contributed by atoms with van der Waals surface area (Å²) < 4.78 is 12.1. The molecule has 0 unspecified atom stereocenters.